The van der Waals surface area contributed by atoms with Crippen molar-refractivity contribution in [2.75, 3.05) is 12.8 Å². The summed E-state index contributed by atoms with van der Waals surface area (Å²) in [7, 11) is 1.72. The number of nitrogens with zero attached hydrogens (tertiary/aromatic N) is 4. The summed E-state index contributed by atoms with van der Waals surface area (Å²) in [4.78, 5) is 26.8. The monoisotopic (exact) mass is 385 g/mol. The van der Waals surface area contributed by atoms with Crippen LogP contribution in [0.1, 0.15) is 17.5 Å². The summed E-state index contributed by atoms with van der Waals surface area (Å²) in [6, 6.07) is 9.59. The molecule has 7 nitrogen and oxygen atoms in total. The summed E-state index contributed by atoms with van der Waals surface area (Å²) in [6.45, 7) is 1.95. The molecule has 1 aliphatic heterocycles. The zero-order valence-electron chi connectivity index (χ0n) is 16.0. The van der Waals surface area contributed by atoms with E-state index in [0.717, 1.165) is 28.8 Å². The van der Waals surface area contributed by atoms with E-state index in [0.29, 0.717) is 16.9 Å². The number of anilines is 1. The van der Waals surface area contributed by atoms with E-state index in [1.165, 1.54) is 6.33 Å². The highest BCUT2D eigenvalue weighted by molar-refractivity contribution is 5.93. The van der Waals surface area contributed by atoms with E-state index in [4.69, 9.17) is 5.73 Å². The molecule has 1 aliphatic carbocycles. The van der Waals surface area contributed by atoms with Gasteiger partial charge in [0, 0.05) is 30.1 Å². The molecule has 3 heterocycles. The van der Waals surface area contributed by atoms with Crippen LogP contribution in [0.5, 0.6) is 0 Å². The van der Waals surface area contributed by atoms with Gasteiger partial charge in [0.2, 0.25) is 5.60 Å². The minimum atomic E-state index is -1.58. The van der Waals surface area contributed by atoms with Crippen LogP contribution in [-0.4, -0.2) is 49.6 Å². The number of carbonyl (C=O) groups excluding carboxylic acids is 1. The third-order valence-corrected chi connectivity index (χ3v) is 5.80. The smallest absolute Gasteiger partial charge is 0.267 e. The third kappa shape index (κ3) is 2.64. The van der Waals surface area contributed by atoms with Gasteiger partial charge in [-0.25, -0.2) is 15.0 Å². The second-order valence-electron chi connectivity index (χ2n) is 7.70. The Hall–Kier alpha value is -3.50. The number of likely N-dealkylation sites (tertiary alicyclic amines) is 1. The fourth-order valence-corrected chi connectivity index (χ4v) is 4.07. The van der Waals surface area contributed by atoms with Gasteiger partial charge in [-0.2, -0.15) is 0 Å². The van der Waals surface area contributed by atoms with E-state index in [2.05, 4.69) is 26.8 Å². The van der Waals surface area contributed by atoms with Crippen molar-refractivity contribution in [1.82, 2.24) is 19.9 Å². The molecule has 3 N–H and O–H groups in total. The van der Waals surface area contributed by atoms with Gasteiger partial charge >= 0.3 is 0 Å². The fourth-order valence-electron chi connectivity index (χ4n) is 4.07. The largest absolute Gasteiger partial charge is 0.382 e. The number of nitrogen functional groups attached to an aromatic ring is 1. The number of nitrogens with two attached hydrogens (primary N) is 1. The van der Waals surface area contributed by atoms with Crippen LogP contribution < -0.4 is 5.73 Å². The van der Waals surface area contributed by atoms with Gasteiger partial charge in [0.15, 0.2) is 5.82 Å². The van der Waals surface area contributed by atoms with Crippen molar-refractivity contribution < 1.29 is 9.90 Å². The standard InChI is InChI=1S/C22H19N5O2/c1-12-8-16(26-19-18(12)24-11-25-20(19)23)14-5-3-4-13(9-14)6-7-22(29)15-10-17(15)27(2)21(22)28/h3-5,8-9,11,15,17,29H,10H2,1-2H3,(H2,23,24,25)/t15-,17+,22-/m0/s1. The zero-order valence-corrected chi connectivity index (χ0v) is 16.0. The average Bonchev–Trinajstić information content (AvgIpc) is 3.50. The summed E-state index contributed by atoms with van der Waals surface area (Å²) in [5, 5.41) is 10.8. The van der Waals surface area contributed by atoms with Gasteiger partial charge in [-0.15, -0.1) is 0 Å². The SMILES string of the molecule is Cc1cc(-c2cccc(C#C[C@@]3(O)C(=O)N(C)[C@@H]4C[C@@H]43)c2)nc2c(N)ncnc12. The summed E-state index contributed by atoms with van der Waals surface area (Å²) in [5.74, 6) is 5.74. The molecule has 0 radical (unpaired) electrons. The van der Waals surface area contributed by atoms with E-state index < -0.39 is 5.60 Å². The zero-order chi connectivity index (χ0) is 20.3. The number of rotatable bonds is 1. The molecule has 0 spiro atoms. The van der Waals surface area contributed by atoms with Crippen LogP contribution in [0.25, 0.3) is 22.3 Å². The lowest BCUT2D eigenvalue weighted by Crippen LogP contribution is -2.41. The molecule has 1 aromatic carbocycles. The maximum absolute atomic E-state index is 12.3. The number of fused-ring (bicyclic) bond motifs is 2. The maximum Gasteiger partial charge on any atom is 0.267 e. The van der Waals surface area contributed by atoms with Crippen LogP contribution in [0.15, 0.2) is 36.7 Å². The number of pyridine rings is 1. The van der Waals surface area contributed by atoms with Crippen molar-refractivity contribution in [1.29, 1.82) is 0 Å². The number of benzene rings is 1. The molecule has 1 saturated carbocycles. The van der Waals surface area contributed by atoms with Gasteiger partial charge < -0.3 is 15.7 Å². The summed E-state index contributed by atoms with van der Waals surface area (Å²) >= 11 is 0. The van der Waals surface area contributed by atoms with Crippen molar-refractivity contribution in [2.45, 2.75) is 25.0 Å². The van der Waals surface area contributed by atoms with Crippen LogP contribution >= 0.6 is 0 Å². The lowest BCUT2D eigenvalue weighted by atomic mass is 9.98. The lowest BCUT2D eigenvalue weighted by Gasteiger charge is -2.18. The van der Waals surface area contributed by atoms with Crippen LogP contribution in [0.4, 0.5) is 5.82 Å². The van der Waals surface area contributed by atoms with E-state index >= 15 is 0 Å². The normalized spacial score (nSPS) is 24.9. The number of aromatic nitrogens is 3. The van der Waals surface area contributed by atoms with Crippen molar-refractivity contribution in [3.63, 3.8) is 0 Å². The Kier molecular flexibility index (Phi) is 3.64. The van der Waals surface area contributed by atoms with Gasteiger partial charge in [0.25, 0.3) is 5.91 Å². The highest BCUT2D eigenvalue weighted by Crippen LogP contribution is 2.50. The topological polar surface area (TPSA) is 105 Å². The predicted octanol–water partition coefficient (Wildman–Crippen LogP) is 1.53. The molecule has 3 aromatic rings. The molecule has 29 heavy (non-hydrogen) atoms. The van der Waals surface area contributed by atoms with Crippen LogP contribution in [0.2, 0.25) is 0 Å². The molecule has 144 valence electrons. The molecule has 1 amide bonds. The molecule has 1 saturated heterocycles. The average molecular weight is 385 g/mol. The van der Waals surface area contributed by atoms with E-state index in [-0.39, 0.29) is 17.9 Å². The third-order valence-electron chi connectivity index (χ3n) is 5.80. The number of piperidine rings is 1. The van der Waals surface area contributed by atoms with E-state index in [1.807, 2.05) is 37.3 Å². The molecule has 2 aromatic heterocycles. The number of hydrogen-bond acceptors (Lipinski definition) is 6. The molecule has 5 rings (SSSR count). The van der Waals surface area contributed by atoms with Gasteiger partial charge in [-0.1, -0.05) is 24.0 Å². The molecule has 0 unspecified atom stereocenters. The number of likely N-dealkylation sites (N-methyl/N-ethyl adjacent to an activating group) is 1. The Labute approximate surface area is 167 Å². The Balaban J connectivity index is 1.53. The molecule has 2 fully saturated rings. The second-order valence-corrected chi connectivity index (χ2v) is 7.70. The first-order valence-electron chi connectivity index (χ1n) is 9.39. The molecular weight excluding hydrogens is 366 g/mol. The molecular formula is C22H19N5O2. The fraction of sp³-hybridized carbons (Fsp3) is 0.273. The van der Waals surface area contributed by atoms with Gasteiger partial charge in [0.05, 0.1) is 11.2 Å². The number of hydrogen-bond donors (Lipinski definition) is 2. The Morgan fingerprint density at radius 3 is 2.86 bits per heavy atom. The summed E-state index contributed by atoms with van der Waals surface area (Å²) in [6.07, 6.45) is 2.23. The van der Waals surface area contributed by atoms with E-state index in [9.17, 15) is 9.90 Å². The van der Waals surface area contributed by atoms with Crippen LogP contribution in [-0.2, 0) is 4.79 Å². The first-order chi connectivity index (χ1) is 13.9. The highest BCUT2D eigenvalue weighted by Gasteiger charge is 2.66. The Morgan fingerprint density at radius 1 is 1.28 bits per heavy atom. The quantitative estimate of drug-likeness (QED) is 0.616. The summed E-state index contributed by atoms with van der Waals surface area (Å²) < 4.78 is 0. The minimum absolute atomic E-state index is 0.0940. The van der Waals surface area contributed by atoms with Gasteiger partial charge in [-0.05, 0) is 37.1 Å². The molecule has 3 atom stereocenters. The Bertz CT molecular complexity index is 1240. The highest BCUT2D eigenvalue weighted by atomic mass is 16.3. The van der Waals surface area contributed by atoms with Crippen LogP contribution in [0, 0.1) is 24.7 Å². The second kappa shape index (κ2) is 6.00. The number of carbonyl (C=O) groups is 1. The van der Waals surface area contributed by atoms with Crippen molar-refractivity contribution in [3.05, 3.63) is 47.8 Å². The lowest BCUT2D eigenvalue weighted by molar-refractivity contribution is -0.140. The van der Waals surface area contributed by atoms with Gasteiger partial charge in [-0.3, -0.25) is 4.79 Å². The predicted molar refractivity (Wildman–Crippen MR) is 108 cm³/mol. The minimum Gasteiger partial charge on any atom is -0.382 e. The van der Waals surface area contributed by atoms with Crippen molar-refractivity contribution >= 4 is 22.8 Å². The van der Waals surface area contributed by atoms with Crippen molar-refractivity contribution in [3.8, 4) is 23.1 Å². The maximum atomic E-state index is 12.3. The van der Waals surface area contributed by atoms with Gasteiger partial charge in [0.1, 0.15) is 11.8 Å². The van der Waals surface area contributed by atoms with Crippen molar-refractivity contribution in [2.24, 2.45) is 5.92 Å². The first-order valence-corrected chi connectivity index (χ1v) is 9.39. The number of amides is 1. The number of aryl methyl sites for hydroxylation is 1. The first kappa shape index (κ1) is 17.6. The van der Waals surface area contributed by atoms with Crippen LogP contribution in [0.3, 0.4) is 0 Å². The Morgan fingerprint density at radius 2 is 2.10 bits per heavy atom. The molecule has 7 heteroatoms. The number of aliphatic hydroxyl groups is 1. The molecule has 0 bridgehead atoms. The van der Waals surface area contributed by atoms with E-state index in [1.54, 1.807) is 11.9 Å². The molecule has 2 aliphatic rings. The summed E-state index contributed by atoms with van der Waals surface area (Å²) in [5.41, 5.74) is 8.92.